The molecular weight excluding hydrogens is 304 g/mol. The number of carbonyl (C=O) groups is 2. The smallest absolute Gasteiger partial charge is 0.323 e. The minimum atomic E-state index is -0.971. The predicted molar refractivity (Wildman–Crippen MR) is 85.8 cm³/mol. The van der Waals surface area contributed by atoms with Crippen molar-refractivity contribution in [1.29, 1.82) is 0 Å². The largest absolute Gasteiger partial charge is 0.462 e. The Morgan fingerprint density at radius 2 is 1.61 bits per heavy atom. The average molecular weight is 334 g/mol. The molecule has 0 rings (SSSR count). The van der Waals surface area contributed by atoms with Crippen LogP contribution in [-0.4, -0.2) is 82.1 Å². The van der Waals surface area contributed by atoms with Gasteiger partial charge in [-0.3, -0.25) is 9.59 Å². The molecule has 0 fully saturated rings. The molecule has 0 aliphatic carbocycles. The van der Waals surface area contributed by atoms with Crippen LogP contribution in [0.4, 0.5) is 0 Å². The Bertz CT molecular complexity index is 343. The van der Waals surface area contributed by atoms with Crippen LogP contribution in [0.25, 0.3) is 0 Å². The first-order valence-electron chi connectivity index (χ1n) is 7.73. The van der Waals surface area contributed by atoms with Gasteiger partial charge in [-0.2, -0.15) is 0 Å². The van der Waals surface area contributed by atoms with E-state index in [4.69, 9.17) is 20.9 Å². The van der Waals surface area contributed by atoms with Crippen molar-refractivity contribution in [2.24, 2.45) is 11.5 Å². The summed E-state index contributed by atoms with van der Waals surface area (Å²) in [4.78, 5) is 23.8. The van der Waals surface area contributed by atoms with E-state index in [1.165, 1.54) is 0 Å². The highest BCUT2D eigenvalue weighted by Crippen LogP contribution is 2.02. The van der Waals surface area contributed by atoms with Gasteiger partial charge in [0.05, 0.1) is 19.3 Å². The summed E-state index contributed by atoms with van der Waals surface area (Å²) in [7, 11) is 3.29. The number of carbonyl (C=O) groups excluding carboxylic acids is 2. The lowest BCUT2D eigenvalue weighted by atomic mass is 10.0. The van der Waals surface area contributed by atoms with Crippen LogP contribution in [0.5, 0.6) is 0 Å². The molecule has 0 bridgehead atoms. The maximum absolute atomic E-state index is 12.1. The van der Waals surface area contributed by atoms with E-state index < -0.39 is 30.8 Å². The van der Waals surface area contributed by atoms with Crippen molar-refractivity contribution in [3.05, 3.63) is 0 Å². The number of Topliss-reactive ketones (excluding diaryl/α,β-unsaturated/α-hetero) is 1. The second kappa shape index (κ2) is 13.3. The summed E-state index contributed by atoms with van der Waals surface area (Å²) in [5, 5.41) is 14.9. The Balaban J connectivity index is 4.21. The Morgan fingerprint density at radius 1 is 1.04 bits per heavy atom. The summed E-state index contributed by atoms with van der Waals surface area (Å²) in [6.45, 7) is 0.277. The maximum Gasteiger partial charge on any atom is 0.323 e. The van der Waals surface area contributed by atoms with Gasteiger partial charge in [-0.05, 0) is 40.0 Å². The van der Waals surface area contributed by atoms with E-state index in [9.17, 15) is 14.7 Å². The predicted octanol–water partition coefficient (Wildman–Crippen LogP) is -2.65. The minimum Gasteiger partial charge on any atom is -0.462 e. The fraction of sp³-hybridized carbons (Fsp3) is 0.857. The van der Waals surface area contributed by atoms with Crippen LogP contribution < -0.4 is 22.1 Å². The molecule has 0 heterocycles. The van der Waals surface area contributed by atoms with E-state index in [-0.39, 0.29) is 19.0 Å². The van der Waals surface area contributed by atoms with Crippen LogP contribution in [0.2, 0.25) is 0 Å². The summed E-state index contributed by atoms with van der Waals surface area (Å²) in [5.74, 6) is -0.701. The van der Waals surface area contributed by atoms with Gasteiger partial charge in [-0.25, -0.2) is 0 Å². The van der Waals surface area contributed by atoms with Crippen LogP contribution in [-0.2, 0) is 19.1 Å². The van der Waals surface area contributed by atoms with Gasteiger partial charge in [0.1, 0.15) is 18.8 Å². The highest BCUT2D eigenvalue weighted by atomic mass is 16.6. The van der Waals surface area contributed by atoms with E-state index >= 15 is 0 Å². The summed E-state index contributed by atoms with van der Waals surface area (Å²) in [5.41, 5.74) is 10.8. The third-order valence-corrected chi connectivity index (χ3v) is 3.37. The number of likely N-dealkylation sites (N-methyl/N-ethyl adjacent to an activating group) is 2. The lowest BCUT2D eigenvalue weighted by molar-refractivity contribution is -0.149. The first kappa shape index (κ1) is 21.9. The van der Waals surface area contributed by atoms with Crippen LogP contribution in [0.1, 0.15) is 12.8 Å². The van der Waals surface area contributed by atoms with Crippen LogP contribution >= 0.6 is 0 Å². The van der Waals surface area contributed by atoms with E-state index in [0.29, 0.717) is 25.9 Å². The number of ketones is 1. The quantitative estimate of drug-likeness (QED) is 0.170. The van der Waals surface area contributed by atoms with Gasteiger partial charge < -0.3 is 36.7 Å². The molecule has 0 radical (unpaired) electrons. The van der Waals surface area contributed by atoms with E-state index in [1.807, 2.05) is 0 Å². The molecule has 0 spiro atoms. The molecule has 23 heavy (non-hydrogen) atoms. The molecule has 0 aromatic carbocycles. The molecule has 0 saturated heterocycles. The normalized spacial score (nSPS) is 15.0. The molecule has 9 nitrogen and oxygen atoms in total. The fourth-order valence-electron chi connectivity index (χ4n) is 2.02. The van der Waals surface area contributed by atoms with Crippen molar-refractivity contribution in [1.82, 2.24) is 10.6 Å². The number of hydrogen-bond acceptors (Lipinski definition) is 9. The molecule has 3 atom stereocenters. The number of esters is 1. The molecule has 3 unspecified atom stereocenters. The van der Waals surface area contributed by atoms with Gasteiger partial charge in [-0.1, -0.05) is 0 Å². The second-order valence-electron chi connectivity index (χ2n) is 4.95. The minimum absolute atomic E-state index is 0.00747. The monoisotopic (exact) mass is 334 g/mol. The van der Waals surface area contributed by atoms with Crippen LogP contribution in [0, 0.1) is 0 Å². The van der Waals surface area contributed by atoms with Gasteiger partial charge in [0.25, 0.3) is 0 Å². The molecule has 0 aliphatic heterocycles. The second-order valence-corrected chi connectivity index (χ2v) is 4.95. The number of aliphatic hydroxyl groups is 1. The Morgan fingerprint density at radius 3 is 2.09 bits per heavy atom. The SMILES string of the molecule is CNC(CCN)C(=O)OCCOC(CO)C(=O)C(CCN)NC. The zero-order chi connectivity index (χ0) is 17.7. The number of nitrogens with one attached hydrogen (secondary N) is 2. The van der Waals surface area contributed by atoms with Gasteiger partial charge in [0.15, 0.2) is 5.78 Å². The molecule has 136 valence electrons. The molecule has 0 aromatic heterocycles. The topological polar surface area (TPSA) is 149 Å². The summed E-state index contributed by atoms with van der Waals surface area (Å²) in [6.07, 6.45) is -0.0499. The number of nitrogens with two attached hydrogens (primary N) is 2. The zero-order valence-electron chi connectivity index (χ0n) is 13.9. The van der Waals surface area contributed by atoms with Crippen molar-refractivity contribution in [3.63, 3.8) is 0 Å². The van der Waals surface area contributed by atoms with E-state index in [2.05, 4.69) is 10.6 Å². The maximum atomic E-state index is 12.1. The van der Waals surface area contributed by atoms with Gasteiger partial charge in [0.2, 0.25) is 0 Å². The van der Waals surface area contributed by atoms with Crippen molar-refractivity contribution < 1.29 is 24.2 Å². The number of hydrogen-bond donors (Lipinski definition) is 5. The highest BCUT2D eigenvalue weighted by molar-refractivity contribution is 5.88. The van der Waals surface area contributed by atoms with Gasteiger partial charge in [0, 0.05) is 0 Å². The summed E-state index contributed by atoms with van der Waals surface area (Å²) < 4.78 is 10.3. The Kier molecular flexibility index (Phi) is 12.7. The molecule has 0 aromatic rings. The molecule has 0 saturated carbocycles. The Labute approximate surface area is 137 Å². The average Bonchev–Trinajstić information content (AvgIpc) is 2.56. The standard InChI is InChI=1S/C14H30N4O5/c1-17-10(3-5-15)13(20)12(9-19)22-7-8-23-14(21)11(18-2)4-6-16/h10-12,17-19H,3-9,15-16H2,1-2H3. The van der Waals surface area contributed by atoms with Crippen molar-refractivity contribution in [3.8, 4) is 0 Å². The lowest BCUT2D eigenvalue weighted by Crippen LogP contribution is -2.45. The van der Waals surface area contributed by atoms with Crippen LogP contribution in [0.15, 0.2) is 0 Å². The van der Waals surface area contributed by atoms with E-state index in [0.717, 1.165) is 0 Å². The van der Waals surface area contributed by atoms with E-state index in [1.54, 1.807) is 14.1 Å². The third kappa shape index (κ3) is 8.35. The molecule has 0 amide bonds. The molecule has 9 heteroatoms. The molecular formula is C14H30N4O5. The van der Waals surface area contributed by atoms with Gasteiger partial charge >= 0.3 is 5.97 Å². The summed E-state index contributed by atoms with van der Waals surface area (Å²) in [6, 6.07) is -0.938. The third-order valence-electron chi connectivity index (χ3n) is 3.37. The Hall–Kier alpha value is -1.10. The lowest BCUT2D eigenvalue weighted by Gasteiger charge is -2.21. The number of aliphatic hydroxyl groups excluding tert-OH is 1. The molecule has 0 aliphatic rings. The zero-order valence-corrected chi connectivity index (χ0v) is 13.9. The number of rotatable bonds is 14. The van der Waals surface area contributed by atoms with Crippen molar-refractivity contribution >= 4 is 11.8 Å². The van der Waals surface area contributed by atoms with Crippen LogP contribution in [0.3, 0.4) is 0 Å². The molecule has 7 N–H and O–H groups in total. The number of ether oxygens (including phenoxy) is 2. The van der Waals surface area contributed by atoms with Crippen molar-refractivity contribution in [2.45, 2.75) is 31.0 Å². The first-order chi connectivity index (χ1) is 11.0. The summed E-state index contributed by atoms with van der Waals surface area (Å²) >= 11 is 0. The van der Waals surface area contributed by atoms with Gasteiger partial charge in [-0.15, -0.1) is 0 Å². The first-order valence-corrected chi connectivity index (χ1v) is 7.73. The highest BCUT2D eigenvalue weighted by Gasteiger charge is 2.25. The fourth-order valence-corrected chi connectivity index (χ4v) is 2.02. The van der Waals surface area contributed by atoms with Crippen molar-refractivity contribution in [2.75, 3.05) is 47.0 Å².